The molecule has 0 bridgehead atoms. The van der Waals surface area contributed by atoms with Gasteiger partial charge >= 0.3 is 5.97 Å². The Balaban J connectivity index is 3.24. The Morgan fingerprint density at radius 1 is 1.50 bits per heavy atom. The van der Waals surface area contributed by atoms with E-state index in [0.29, 0.717) is 22.1 Å². The predicted octanol–water partition coefficient (Wildman–Crippen LogP) is 1.62. The van der Waals surface area contributed by atoms with Gasteiger partial charge in [0.25, 0.3) is 0 Å². The Hall–Kier alpha value is -1.46. The van der Waals surface area contributed by atoms with Crippen LogP contribution >= 0.6 is 11.6 Å². The molecule has 100 valence electrons. The Morgan fingerprint density at radius 2 is 2.11 bits per heavy atom. The number of benzene rings is 1. The highest BCUT2D eigenvalue weighted by Crippen LogP contribution is 2.37. The quantitative estimate of drug-likeness (QED) is 0.852. The molecule has 1 unspecified atom stereocenters. The smallest absolute Gasteiger partial charge is 0.320 e. The van der Waals surface area contributed by atoms with Gasteiger partial charge in [-0.15, -0.1) is 0 Å². The van der Waals surface area contributed by atoms with Crippen molar-refractivity contribution in [2.45, 2.75) is 19.4 Å². The average molecular weight is 274 g/mol. The van der Waals surface area contributed by atoms with Crippen LogP contribution in [0.2, 0.25) is 5.02 Å². The Labute approximate surface area is 110 Å². The van der Waals surface area contributed by atoms with Crippen molar-refractivity contribution in [2.24, 2.45) is 5.73 Å². The third kappa shape index (κ3) is 2.86. The molecule has 0 aromatic heterocycles. The number of halogens is 1. The summed E-state index contributed by atoms with van der Waals surface area (Å²) in [6.45, 7) is 1.79. The van der Waals surface area contributed by atoms with Crippen LogP contribution in [0.4, 0.5) is 0 Å². The number of methoxy groups -OCH3 is 2. The summed E-state index contributed by atoms with van der Waals surface area (Å²) in [6, 6.07) is 0.594. The second-order valence-corrected chi connectivity index (χ2v) is 4.25. The van der Waals surface area contributed by atoms with Crippen LogP contribution in [0, 0.1) is 6.92 Å². The molecule has 1 rings (SSSR count). The summed E-state index contributed by atoms with van der Waals surface area (Å²) in [6.07, 6.45) is 0.139. The van der Waals surface area contributed by atoms with Crippen LogP contribution in [-0.2, 0) is 11.2 Å². The van der Waals surface area contributed by atoms with E-state index in [0.717, 1.165) is 5.56 Å². The van der Waals surface area contributed by atoms with Crippen molar-refractivity contribution in [3.05, 3.63) is 22.2 Å². The van der Waals surface area contributed by atoms with Crippen molar-refractivity contribution in [2.75, 3.05) is 14.2 Å². The summed E-state index contributed by atoms with van der Waals surface area (Å²) in [5, 5.41) is 9.25. The lowest BCUT2D eigenvalue weighted by atomic mass is 10.00. The van der Waals surface area contributed by atoms with E-state index in [9.17, 15) is 4.79 Å². The molecule has 0 aliphatic carbocycles. The summed E-state index contributed by atoms with van der Waals surface area (Å²) in [4.78, 5) is 10.8. The van der Waals surface area contributed by atoms with E-state index >= 15 is 0 Å². The van der Waals surface area contributed by atoms with Crippen molar-refractivity contribution in [1.29, 1.82) is 0 Å². The zero-order valence-electron chi connectivity index (χ0n) is 10.5. The molecule has 0 fully saturated rings. The number of carboxylic acids is 1. The first-order chi connectivity index (χ1) is 8.42. The molecule has 0 aliphatic heterocycles. The molecule has 0 aliphatic rings. The van der Waals surface area contributed by atoms with Crippen molar-refractivity contribution < 1.29 is 19.4 Å². The minimum atomic E-state index is -1.07. The highest BCUT2D eigenvalue weighted by Gasteiger charge is 2.20. The molecule has 0 saturated carbocycles. The van der Waals surface area contributed by atoms with E-state index < -0.39 is 12.0 Å². The van der Waals surface area contributed by atoms with Gasteiger partial charge in [0.2, 0.25) is 0 Å². The van der Waals surface area contributed by atoms with Gasteiger partial charge in [-0.25, -0.2) is 0 Å². The largest absolute Gasteiger partial charge is 0.493 e. The zero-order valence-corrected chi connectivity index (χ0v) is 11.2. The van der Waals surface area contributed by atoms with Crippen LogP contribution in [0.5, 0.6) is 11.5 Å². The van der Waals surface area contributed by atoms with Crippen LogP contribution in [0.15, 0.2) is 6.07 Å². The molecule has 3 N–H and O–H groups in total. The van der Waals surface area contributed by atoms with Gasteiger partial charge < -0.3 is 20.3 Å². The van der Waals surface area contributed by atoms with Crippen LogP contribution in [-0.4, -0.2) is 31.3 Å². The van der Waals surface area contributed by atoms with Crippen molar-refractivity contribution in [1.82, 2.24) is 0 Å². The van der Waals surface area contributed by atoms with Gasteiger partial charge in [-0.2, -0.15) is 0 Å². The van der Waals surface area contributed by atoms with Gasteiger partial charge in [0.1, 0.15) is 6.04 Å². The number of hydrogen-bond acceptors (Lipinski definition) is 4. The third-order valence-corrected chi connectivity index (χ3v) is 3.07. The van der Waals surface area contributed by atoms with Crippen LogP contribution in [0.3, 0.4) is 0 Å². The predicted molar refractivity (Wildman–Crippen MR) is 68.6 cm³/mol. The molecule has 6 heteroatoms. The molecule has 1 atom stereocenters. The average Bonchev–Trinajstić information content (AvgIpc) is 2.33. The van der Waals surface area contributed by atoms with Gasteiger partial charge in [-0.05, 0) is 18.1 Å². The first kappa shape index (κ1) is 14.6. The summed E-state index contributed by atoms with van der Waals surface area (Å²) in [5.74, 6) is -0.0256. The van der Waals surface area contributed by atoms with Gasteiger partial charge in [-0.3, -0.25) is 4.79 Å². The summed E-state index contributed by atoms with van der Waals surface area (Å²) in [7, 11) is 3.02. The summed E-state index contributed by atoms with van der Waals surface area (Å²) < 4.78 is 10.4. The lowest BCUT2D eigenvalue weighted by molar-refractivity contribution is -0.138. The molecule has 0 radical (unpaired) electrons. The summed E-state index contributed by atoms with van der Waals surface area (Å²) >= 11 is 6.11. The minimum absolute atomic E-state index is 0.139. The van der Waals surface area contributed by atoms with Crippen molar-refractivity contribution >= 4 is 17.6 Å². The number of rotatable bonds is 5. The fourth-order valence-corrected chi connectivity index (χ4v) is 2.05. The number of aliphatic carboxylic acids is 1. The monoisotopic (exact) mass is 273 g/mol. The topological polar surface area (TPSA) is 81.8 Å². The summed E-state index contributed by atoms with van der Waals surface area (Å²) in [5.41, 5.74) is 6.91. The normalized spacial score (nSPS) is 12.1. The van der Waals surface area contributed by atoms with Gasteiger partial charge in [0.15, 0.2) is 11.5 Å². The molecule has 18 heavy (non-hydrogen) atoms. The zero-order chi connectivity index (χ0) is 13.9. The Morgan fingerprint density at radius 3 is 2.56 bits per heavy atom. The Kier molecular flexibility index (Phi) is 4.81. The van der Waals surface area contributed by atoms with E-state index in [2.05, 4.69) is 0 Å². The number of ether oxygens (including phenoxy) is 2. The first-order valence-electron chi connectivity index (χ1n) is 5.30. The maximum Gasteiger partial charge on any atom is 0.320 e. The molecule has 0 amide bonds. The molecule has 1 aromatic rings. The van der Waals surface area contributed by atoms with Crippen LogP contribution in [0.1, 0.15) is 11.1 Å². The minimum Gasteiger partial charge on any atom is -0.493 e. The maximum absolute atomic E-state index is 10.8. The van der Waals surface area contributed by atoms with E-state index in [1.165, 1.54) is 14.2 Å². The van der Waals surface area contributed by atoms with E-state index in [1.54, 1.807) is 13.0 Å². The van der Waals surface area contributed by atoms with Gasteiger partial charge in [0, 0.05) is 17.5 Å². The van der Waals surface area contributed by atoms with E-state index in [4.69, 9.17) is 31.9 Å². The standard InChI is InChI=1S/C12H16ClNO4/c1-6-7(4-9(14)12(15)16)8(13)5-10(17-2)11(6)18-3/h5,9H,4,14H2,1-3H3,(H,15,16). The SMILES string of the molecule is COc1cc(Cl)c(CC(N)C(=O)O)c(C)c1OC. The molecular formula is C12H16ClNO4. The maximum atomic E-state index is 10.8. The Bertz CT molecular complexity index is 462. The van der Waals surface area contributed by atoms with Crippen LogP contribution < -0.4 is 15.2 Å². The van der Waals surface area contributed by atoms with E-state index in [1.807, 2.05) is 0 Å². The van der Waals surface area contributed by atoms with Gasteiger partial charge in [-0.1, -0.05) is 11.6 Å². The van der Waals surface area contributed by atoms with Crippen molar-refractivity contribution in [3.63, 3.8) is 0 Å². The fraction of sp³-hybridized carbons (Fsp3) is 0.417. The lowest BCUT2D eigenvalue weighted by Crippen LogP contribution is -2.32. The van der Waals surface area contributed by atoms with E-state index in [-0.39, 0.29) is 6.42 Å². The second kappa shape index (κ2) is 5.93. The fourth-order valence-electron chi connectivity index (χ4n) is 1.73. The van der Waals surface area contributed by atoms with Crippen LogP contribution in [0.25, 0.3) is 0 Å². The number of carboxylic acid groups (broad SMARTS) is 1. The molecule has 1 aromatic carbocycles. The molecular weight excluding hydrogens is 258 g/mol. The molecule has 0 spiro atoms. The number of nitrogens with two attached hydrogens (primary N) is 1. The highest BCUT2D eigenvalue weighted by atomic mass is 35.5. The second-order valence-electron chi connectivity index (χ2n) is 3.85. The van der Waals surface area contributed by atoms with Crippen molar-refractivity contribution in [3.8, 4) is 11.5 Å². The lowest BCUT2D eigenvalue weighted by Gasteiger charge is -2.17. The molecule has 0 heterocycles. The van der Waals surface area contributed by atoms with Gasteiger partial charge in [0.05, 0.1) is 14.2 Å². The molecule has 0 saturated heterocycles. The first-order valence-corrected chi connectivity index (χ1v) is 5.68. The number of carbonyl (C=O) groups is 1. The number of hydrogen-bond donors (Lipinski definition) is 2. The third-order valence-electron chi connectivity index (χ3n) is 2.73. The highest BCUT2D eigenvalue weighted by molar-refractivity contribution is 6.31. The molecule has 5 nitrogen and oxygen atoms in total.